The molecule has 0 atom stereocenters. The highest BCUT2D eigenvalue weighted by Gasteiger charge is 2.05. The molecule has 118 valence electrons. The van der Waals surface area contributed by atoms with Crippen LogP contribution in [0.25, 0.3) is 0 Å². The van der Waals surface area contributed by atoms with Gasteiger partial charge in [0.1, 0.15) is 5.82 Å². The van der Waals surface area contributed by atoms with Gasteiger partial charge in [-0.1, -0.05) is 13.8 Å². The second-order valence-corrected chi connectivity index (χ2v) is 5.95. The third-order valence-corrected chi connectivity index (χ3v) is 3.12. The fourth-order valence-electron chi connectivity index (χ4n) is 1.82. The maximum absolute atomic E-state index is 11.9. The molecule has 5 heteroatoms. The first kappa shape index (κ1) is 17.4. The van der Waals surface area contributed by atoms with Crippen LogP contribution in [0.1, 0.15) is 37.0 Å². The summed E-state index contributed by atoms with van der Waals surface area (Å²) in [6.07, 6.45) is 3.68. The average molecular weight is 292 g/mol. The van der Waals surface area contributed by atoms with Crippen molar-refractivity contribution in [1.29, 1.82) is 0 Å². The Kier molecular flexibility index (Phi) is 7.75. The van der Waals surface area contributed by atoms with Crippen LogP contribution >= 0.6 is 0 Å². The topological polar surface area (TPSA) is 57.3 Å². The van der Waals surface area contributed by atoms with E-state index < -0.39 is 0 Å². The lowest BCUT2D eigenvalue weighted by atomic mass is 10.1. The van der Waals surface area contributed by atoms with Crippen LogP contribution < -0.4 is 10.6 Å². The molecule has 0 aliphatic heterocycles. The van der Waals surface area contributed by atoms with Crippen LogP contribution in [-0.4, -0.2) is 49.5 Å². The van der Waals surface area contributed by atoms with E-state index >= 15 is 0 Å². The maximum Gasteiger partial charge on any atom is 0.252 e. The van der Waals surface area contributed by atoms with Gasteiger partial charge in [0.25, 0.3) is 5.91 Å². The van der Waals surface area contributed by atoms with Gasteiger partial charge in [0.2, 0.25) is 0 Å². The van der Waals surface area contributed by atoms with E-state index in [1.54, 1.807) is 6.20 Å². The molecule has 0 saturated heterocycles. The number of nitrogens with one attached hydrogen (secondary N) is 2. The molecule has 21 heavy (non-hydrogen) atoms. The van der Waals surface area contributed by atoms with Crippen molar-refractivity contribution in [2.45, 2.75) is 26.7 Å². The lowest BCUT2D eigenvalue weighted by molar-refractivity contribution is 0.0951. The molecular weight excluding hydrogens is 264 g/mol. The minimum atomic E-state index is -0.0534. The van der Waals surface area contributed by atoms with Crippen molar-refractivity contribution in [2.75, 3.05) is 39.0 Å². The number of hydrogen-bond donors (Lipinski definition) is 2. The number of anilines is 1. The largest absolute Gasteiger partial charge is 0.370 e. The highest BCUT2D eigenvalue weighted by molar-refractivity contribution is 5.93. The third-order valence-electron chi connectivity index (χ3n) is 3.12. The molecule has 0 saturated carbocycles. The normalized spacial score (nSPS) is 11.0. The Morgan fingerprint density at radius 1 is 1.29 bits per heavy atom. The molecule has 1 amide bonds. The first-order valence-corrected chi connectivity index (χ1v) is 7.62. The maximum atomic E-state index is 11.9. The fourth-order valence-corrected chi connectivity index (χ4v) is 1.82. The van der Waals surface area contributed by atoms with E-state index in [2.05, 4.69) is 48.5 Å². The van der Waals surface area contributed by atoms with E-state index in [-0.39, 0.29) is 5.91 Å². The van der Waals surface area contributed by atoms with Gasteiger partial charge in [-0.3, -0.25) is 4.79 Å². The van der Waals surface area contributed by atoms with Gasteiger partial charge in [0.15, 0.2) is 0 Å². The Labute approximate surface area is 128 Å². The second kappa shape index (κ2) is 9.34. The van der Waals surface area contributed by atoms with Crippen molar-refractivity contribution >= 4 is 11.7 Å². The molecule has 2 N–H and O–H groups in total. The van der Waals surface area contributed by atoms with Crippen molar-refractivity contribution < 1.29 is 4.79 Å². The zero-order chi connectivity index (χ0) is 15.7. The van der Waals surface area contributed by atoms with E-state index in [1.807, 2.05) is 12.1 Å². The third kappa shape index (κ3) is 7.66. The first-order chi connectivity index (χ1) is 9.99. The molecule has 1 aromatic heterocycles. The van der Waals surface area contributed by atoms with E-state index in [1.165, 1.54) is 0 Å². The van der Waals surface area contributed by atoms with Crippen LogP contribution in [0.5, 0.6) is 0 Å². The van der Waals surface area contributed by atoms with E-state index in [0.717, 1.165) is 31.7 Å². The molecule has 0 aliphatic rings. The van der Waals surface area contributed by atoms with E-state index in [9.17, 15) is 4.79 Å². The van der Waals surface area contributed by atoms with E-state index in [0.29, 0.717) is 18.0 Å². The fraction of sp³-hybridized carbons (Fsp3) is 0.625. The van der Waals surface area contributed by atoms with E-state index in [4.69, 9.17) is 0 Å². The number of pyridine rings is 1. The summed E-state index contributed by atoms with van der Waals surface area (Å²) in [5.74, 6) is 1.35. The molecule has 0 radical (unpaired) electrons. The lowest BCUT2D eigenvalue weighted by Gasteiger charge is -2.10. The summed E-state index contributed by atoms with van der Waals surface area (Å²) in [5.41, 5.74) is 0.609. The first-order valence-electron chi connectivity index (χ1n) is 7.62. The van der Waals surface area contributed by atoms with Crippen LogP contribution in [0.2, 0.25) is 0 Å². The Hall–Kier alpha value is -1.62. The number of carbonyl (C=O) groups is 1. The molecule has 1 aromatic rings. The number of hydrogen-bond acceptors (Lipinski definition) is 4. The van der Waals surface area contributed by atoms with Crippen molar-refractivity contribution in [3.05, 3.63) is 23.9 Å². The molecular formula is C16H28N4O. The minimum absolute atomic E-state index is 0.0534. The summed E-state index contributed by atoms with van der Waals surface area (Å²) in [7, 11) is 4.12. The summed E-state index contributed by atoms with van der Waals surface area (Å²) in [6, 6.07) is 3.67. The number of aromatic nitrogens is 1. The van der Waals surface area contributed by atoms with Gasteiger partial charge in [-0.05, 0) is 51.5 Å². The highest BCUT2D eigenvalue weighted by Crippen LogP contribution is 2.05. The number of nitrogens with zero attached hydrogens (tertiary/aromatic N) is 2. The molecule has 0 fully saturated rings. The minimum Gasteiger partial charge on any atom is -0.370 e. The molecule has 0 bridgehead atoms. The summed E-state index contributed by atoms with van der Waals surface area (Å²) >= 11 is 0. The predicted molar refractivity (Wildman–Crippen MR) is 87.7 cm³/mol. The van der Waals surface area contributed by atoms with Crippen LogP contribution in [0.4, 0.5) is 5.82 Å². The predicted octanol–water partition coefficient (Wildman–Crippen LogP) is 2.22. The standard InChI is InChI=1S/C16H28N4O/c1-13(2)8-10-18-16(21)14-6-7-15(19-12-14)17-9-5-11-20(3)4/h6-7,12-13H,5,8-11H2,1-4H3,(H,17,19)(H,18,21). The molecule has 1 heterocycles. The Morgan fingerprint density at radius 2 is 2.05 bits per heavy atom. The average Bonchev–Trinajstić information content (AvgIpc) is 2.43. The summed E-state index contributed by atoms with van der Waals surface area (Å²) in [4.78, 5) is 18.3. The van der Waals surface area contributed by atoms with Gasteiger partial charge >= 0.3 is 0 Å². The van der Waals surface area contributed by atoms with Crippen molar-refractivity contribution in [2.24, 2.45) is 5.92 Å². The van der Waals surface area contributed by atoms with Crippen LogP contribution in [0, 0.1) is 5.92 Å². The summed E-state index contributed by atoms with van der Waals surface area (Å²) in [5, 5.41) is 6.16. The SMILES string of the molecule is CC(C)CCNC(=O)c1ccc(NCCCN(C)C)nc1. The number of amides is 1. The van der Waals surface area contributed by atoms with Gasteiger partial charge < -0.3 is 15.5 Å². The molecule has 0 spiro atoms. The monoisotopic (exact) mass is 292 g/mol. The molecule has 0 unspecified atom stereocenters. The number of rotatable bonds is 9. The Bertz CT molecular complexity index is 415. The van der Waals surface area contributed by atoms with Crippen molar-refractivity contribution in [3.63, 3.8) is 0 Å². The highest BCUT2D eigenvalue weighted by atomic mass is 16.1. The van der Waals surface area contributed by atoms with Gasteiger partial charge in [-0.15, -0.1) is 0 Å². The molecule has 5 nitrogen and oxygen atoms in total. The van der Waals surface area contributed by atoms with Gasteiger partial charge in [0, 0.05) is 19.3 Å². The Morgan fingerprint density at radius 3 is 2.62 bits per heavy atom. The molecule has 0 aliphatic carbocycles. The Balaban J connectivity index is 2.34. The van der Waals surface area contributed by atoms with Gasteiger partial charge in [-0.25, -0.2) is 4.98 Å². The van der Waals surface area contributed by atoms with Crippen molar-refractivity contribution in [1.82, 2.24) is 15.2 Å². The molecule has 0 aromatic carbocycles. The van der Waals surface area contributed by atoms with Crippen LogP contribution in [0.15, 0.2) is 18.3 Å². The molecule has 1 rings (SSSR count). The van der Waals surface area contributed by atoms with Gasteiger partial charge in [-0.2, -0.15) is 0 Å². The van der Waals surface area contributed by atoms with Gasteiger partial charge in [0.05, 0.1) is 5.56 Å². The smallest absolute Gasteiger partial charge is 0.252 e. The summed E-state index contributed by atoms with van der Waals surface area (Å²) < 4.78 is 0. The summed E-state index contributed by atoms with van der Waals surface area (Å²) in [6.45, 7) is 6.92. The van der Waals surface area contributed by atoms with Crippen LogP contribution in [-0.2, 0) is 0 Å². The lowest BCUT2D eigenvalue weighted by Crippen LogP contribution is -2.25. The quantitative estimate of drug-likeness (QED) is 0.685. The van der Waals surface area contributed by atoms with Crippen LogP contribution in [0.3, 0.4) is 0 Å². The zero-order valence-corrected chi connectivity index (χ0v) is 13.6. The van der Waals surface area contributed by atoms with Crippen molar-refractivity contribution in [3.8, 4) is 0 Å². The second-order valence-electron chi connectivity index (χ2n) is 5.95. The number of carbonyl (C=O) groups excluding carboxylic acids is 1. The zero-order valence-electron chi connectivity index (χ0n) is 13.6.